The third kappa shape index (κ3) is 2.21. The van der Waals surface area contributed by atoms with Crippen LogP contribution in [-0.4, -0.2) is 25.2 Å². The van der Waals surface area contributed by atoms with E-state index in [9.17, 15) is 4.39 Å². The number of nitrogens with zero attached hydrogens (tertiary/aromatic N) is 1. The maximum Gasteiger partial charge on any atom is 0.143 e. The zero-order valence-corrected chi connectivity index (χ0v) is 11.1. The van der Waals surface area contributed by atoms with Crippen LogP contribution in [0.5, 0.6) is 0 Å². The van der Waals surface area contributed by atoms with Gasteiger partial charge in [-0.1, -0.05) is 24.4 Å². The molecule has 1 aliphatic heterocycles. The third-order valence-electron chi connectivity index (χ3n) is 4.20. The van der Waals surface area contributed by atoms with Gasteiger partial charge in [0.05, 0.1) is 5.02 Å². The lowest BCUT2D eigenvalue weighted by atomic mass is 9.94. The number of piperazine rings is 1. The Bertz CT molecular complexity index is 443. The Morgan fingerprint density at radius 3 is 2.78 bits per heavy atom. The van der Waals surface area contributed by atoms with Gasteiger partial charge in [-0.05, 0) is 31.0 Å². The summed E-state index contributed by atoms with van der Waals surface area (Å²) in [4.78, 5) is 2.28. The SMILES string of the molecule is Fc1cc(N2CCNC3(CCCC3)C2)ccc1Cl. The second-order valence-electron chi connectivity index (χ2n) is 5.43. The average molecular weight is 269 g/mol. The normalized spacial score (nSPS) is 22.7. The van der Waals surface area contributed by atoms with E-state index in [2.05, 4.69) is 10.2 Å². The molecule has 1 N–H and O–H groups in total. The van der Waals surface area contributed by atoms with Gasteiger partial charge in [0.1, 0.15) is 5.82 Å². The van der Waals surface area contributed by atoms with Crippen LogP contribution in [0.25, 0.3) is 0 Å². The van der Waals surface area contributed by atoms with Crippen LogP contribution in [0.1, 0.15) is 25.7 Å². The van der Waals surface area contributed by atoms with E-state index in [0.717, 1.165) is 25.3 Å². The van der Waals surface area contributed by atoms with Crippen LogP contribution < -0.4 is 10.2 Å². The monoisotopic (exact) mass is 268 g/mol. The summed E-state index contributed by atoms with van der Waals surface area (Å²) in [6.45, 7) is 2.89. The van der Waals surface area contributed by atoms with Crippen LogP contribution in [0.3, 0.4) is 0 Å². The van der Waals surface area contributed by atoms with Crippen LogP contribution in [0.15, 0.2) is 18.2 Å². The average Bonchev–Trinajstić information content (AvgIpc) is 2.81. The largest absolute Gasteiger partial charge is 0.368 e. The Morgan fingerprint density at radius 1 is 1.28 bits per heavy atom. The van der Waals surface area contributed by atoms with Crippen molar-refractivity contribution < 1.29 is 4.39 Å². The lowest BCUT2D eigenvalue weighted by molar-refractivity contribution is 0.304. The van der Waals surface area contributed by atoms with Crippen molar-refractivity contribution in [1.82, 2.24) is 5.32 Å². The molecule has 3 rings (SSSR count). The number of hydrogen-bond acceptors (Lipinski definition) is 2. The van der Waals surface area contributed by atoms with Gasteiger partial charge in [0.2, 0.25) is 0 Å². The first-order chi connectivity index (χ1) is 8.69. The number of hydrogen-bond donors (Lipinski definition) is 1. The smallest absolute Gasteiger partial charge is 0.143 e. The highest BCUT2D eigenvalue weighted by Gasteiger charge is 2.37. The summed E-state index contributed by atoms with van der Waals surface area (Å²) in [5.41, 5.74) is 1.21. The van der Waals surface area contributed by atoms with Crippen LogP contribution >= 0.6 is 11.6 Å². The first-order valence-corrected chi connectivity index (χ1v) is 7.01. The van der Waals surface area contributed by atoms with Gasteiger partial charge in [0, 0.05) is 30.9 Å². The number of halogens is 2. The van der Waals surface area contributed by atoms with Gasteiger partial charge in [-0.15, -0.1) is 0 Å². The Morgan fingerprint density at radius 2 is 2.06 bits per heavy atom. The number of nitrogens with one attached hydrogen (secondary N) is 1. The molecule has 2 nitrogen and oxygen atoms in total. The van der Waals surface area contributed by atoms with Crippen molar-refractivity contribution in [2.75, 3.05) is 24.5 Å². The Hall–Kier alpha value is -0.800. The minimum atomic E-state index is -0.326. The Balaban J connectivity index is 1.81. The molecule has 1 aliphatic carbocycles. The second-order valence-corrected chi connectivity index (χ2v) is 5.84. The number of anilines is 1. The molecule has 1 saturated carbocycles. The summed E-state index contributed by atoms with van der Waals surface area (Å²) in [6, 6.07) is 5.12. The standard InChI is InChI=1S/C14H18ClFN2/c15-12-4-3-11(9-13(12)16)18-8-7-17-14(10-18)5-1-2-6-14/h3-4,9,17H,1-2,5-8,10H2. The fourth-order valence-corrected chi connectivity index (χ4v) is 3.36. The van der Waals surface area contributed by atoms with E-state index in [-0.39, 0.29) is 16.4 Å². The molecule has 1 heterocycles. The molecule has 0 radical (unpaired) electrons. The molecule has 1 aromatic carbocycles. The fourth-order valence-electron chi connectivity index (χ4n) is 3.25. The van der Waals surface area contributed by atoms with Gasteiger partial charge in [-0.25, -0.2) is 4.39 Å². The second kappa shape index (κ2) is 4.71. The van der Waals surface area contributed by atoms with Gasteiger partial charge in [-0.2, -0.15) is 0 Å². The van der Waals surface area contributed by atoms with Gasteiger partial charge < -0.3 is 10.2 Å². The molecule has 0 unspecified atom stereocenters. The Labute approximate surface area is 112 Å². The van der Waals surface area contributed by atoms with Crippen molar-refractivity contribution in [3.63, 3.8) is 0 Å². The number of benzene rings is 1. The number of rotatable bonds is 1. The van der Waals surface area contributed by atoms with Crippen LogP contribution in [0.2, 0.25) is 5.02 Å². The molecule has 1 spiro atoms. The van der Waals surface area contributed by atoms with E-state index in [0.29, 0.717) is 0 Å². The summed E-state index contributed by atoms with van der Waals surface area (Å²) in [7, 11) is 0. The van der Waals surface area contributed by atoms with Gasteiger partial charge in [0.25, 0.3) is 0 Å². The summed E-state index contributed by atoms with van der Waals surface area (Å²) in [5.74, 6) is -0.326. The summed E-state index contributed by atoms with van der Waals surface area (Å²) >= 11 is 5.73. The summed E-state index contributed by atoms with van der Waals surface area (Å²) in [6.07, 6.45) is 5.07. The van der Waals surface area contributed by atoms with E-state index >= 15 is 0 Å². The highest BCUT2D eigenvalue weighted by Crippen LogP contribution is 2.34. The summed E-state index contributed by atoms with van der Waals surface area (Å²) in [5, 5.41) is 3.86. The van der Waals surface area contributed by atoms with E-state index in [1.54, 1.807) is 12.1 Å². The van der Waals surface area contributed by atoms with Crippen LogP contribution in [-0.2, 0) is 0 Å². The molecular weight excluding hydrogens is 251 g/mol. The molecule has 0 bridgehead atoms. The first-order valence-electron chi connectivity index (χ1n) is 6.64. The van der Waals surface area contributed by atoms with Gasteiger partial charge in [0.15, 0.2) is 0 Å². The highest BCUT2D eigenvalue weighted by atomic mass is 35.5. The fraction of sp³-hybridized carbons (Fsp3) is 0.571. The molecule has 2 fully saturated rings. The van der Waals surface area contributed by atoms with Crippen LogP contribution in [0, 0.1) is 5.82 Å². The molecule has 0 atom stereocenters. The maximum absolute atomic E-state index is 13.5. The van der Waals surface area contributed by atoms with Crippen molar-refractivity contribution in [2.45, 2.75) is 31.2 Å². The predicted molar refractivity (Wildman–Crippen MR) is 72.8 cm³/mol. The molecule has 0 amide bonds. The van der Waals surface area contributed by atoms with Crippen molar-refractivity contribution in [3.8, 4) is 0 Å². The lowest BCUT2D eigenvalue weighted by Crippen LogP contribution is -2.59. The molecular formula is C14H18ClFN2. The van der Waals surface area contributed by atoms with Gasteiger partial charge in [-0.3, -0.25) is 0 Å². The summed E-state index contributed by atoms with van der Waals surface area (Å²) < 4.78 is 13.5. The predicted octanol–water partition coefficient (Wildman–Crippen LogP) is 3.20. The lowest BCUT2D eigenvalue weighted by Gasteiger charge is -2.42. The minimum absolute atomic E-state index is 0.199. The molecule has 98 valence electrons. The molecule has 1 aromatic rings. The van der Waals surface area contributed by atoms with Crippen molar-refractivity contribution in [3.05, 3.63) is 29.0 Å². The Kier molecular flexibility index (Phi) is 3.20. The van der Waals surface area contributed by atoms with E-state index in [1.807, 2.05) is 6.07 Å². The van der Waals surface area contributed by atoms with E-state index < -0.39 is 0 Å². The van der Waals surface area contributed by atoms with Crippen LogP contribution in [0.4, 0.5) is 10.1 Å². The molecule has 1 saturated heterocycles. The van der Waals surface area contributed by atoms with Crippen molar-refractivity contribution in [1.29, 1.82) is 0 Å². The van der Waals surface area contributed by atoms with Crippen molar-refractivity contribution >= 4 is 17.3 Å². The molecule has 4 heteroatoms. The molecule has 18 heavy (non-hydrogen) atoms. The van der Waals surface area contributed by atoms with Gasteiger partial charge >= 0.3 is 0 Å². The van der Waals surface area contributed by atoms with Crippen molar-refractivity contribution in [2.24, 2.45) is 0 Å². The van der Waals surface area contributed by atoms with E-state index in [1.165, 1.54) is 25.7 Å². The quantitative estimate of drug-likeness (QED) is 0.841. The van der Waals surface area contributed by atoms with E-state index in [4.69, 9.17) is 11.6 Å². The zero-order valence-electron chi connectivity index (χ0n) is 10.4. The third-order valence-corrected chi connectivity index (χ3v) is 4.51. The molecule has 0 aromatic heterocycles. The minimum Gasteiger partial charge on any atom is -0.368 e. The maximum atomic E-state index is 13.5. The topological polar surface area (TPSA) is 15.3 Å². The molecule has 2 aliphatic rings. The first kappa shape index (κ1) is 12.2. The highest BCUT2D eigenvalue weighted by molar-refractivity contribution is 6.30. The zero-order chi connectivity index (χ0) is 12.6.